The standard InChI is InChI=1S/C16H25BrN2O/c1-20-16(13-5-3-2-4-6-13)15(19-18)11-12-7-9-14(17)10-8-12/h7-10,13,15-16,19H,2-6,11,18H2,1H3. The second-order valence-electron chi connectivity index (χ2n) is 5.70. The molecule has 0 heterocycles. The molecule has 0 aromatic heterocycles. The summed E-state index contributed by atoms with van der Waals surface area (Å²) in [6.45, 7) is 0. The van der Waals surface area contributed by atoms with Gasteiger partial charge in [0.05, 0.1) is 12.1 Å². The van der Waals surface area contributed by atoms with Gasteiger partial charge >= 0.3 is 0 Å². The first-order chi connectivity index (χ1) is 9.74. The van der Waals surface area contributed by atoms with Crippen LogP contribution in [0.2, 0.25) is 0 Å². The molecule has 1 fully saturated rings. The summed E-state index contributed by atoms with van der Waals surface area (Å²) in [7, 11) is 1.81. The Labute approximate surface area is 130 Å². The normalized spacial score (nSPS) is 19.8. The van der Waals surface area contributed by atoms with Gasteiger partial charge < -0.3 is 4.74 Å². The third-order valence-electron chi connectivity index (χ3n) is 4.37. The summed E-state index contributed by atoms with van der Waals surface area (Å²) >= 11 is 3.47. The van der Waals surface area contributed by atoms with E-state index < -0.39 is 0 Å². The summed E-state index contributed by atoms with van der Waals surface area (Å²) in [5.74, 6) is 6.42. The van der Waals surface area contributed by atoms with E-state index in [2.05, 4.69) is 45.6 Å². The van der Waals surface area contributed by atoms with Crippen LogP contribution in [0.3, 0.4) is 0 Å². The van der Waals surface area contributed by atoms with Gasteiger partial charge in [-0.3, -0.25) is 11.3 Å². The molecule has 1 aromatic rings. The van der Waals surface area contributed by atoms with Crippen molar-refractivity contribution in [3.8, 4) is 0 Å². The van der Waals surface area contributed by atoms with E-state index in [-0.39, 0.29) is 12.1 Å². The number of methoxy groups -OCH3 is 1. The number of benzene rings is 1. The fourth-order valence-electron chi connectivity index (χ4n) is 3.29. The molecule has 2 atom stereocenters. The van der Waals surface area contributed by atoms with Crippen molar-refractivity contribution < 1.29 is 4.74 Å². The molecule has 3 nitrogen and oxygen atoms in total. The van der Waals surface area contributed by atoms with Crippen molar-refractivity contribution in [3.63, 3.8) is 0 Å². The summed E-state index contributed by atoms with van der Waals surface area (Å²) in [5.41, 5.74) is 4.26. The summed E-state index contributed by atoms with van der Waals surface area (Å²) in [5, 5.41) is 0. The van der Waals surface area contributed by atoms with Gasteiger partial charge in [-0.1, -0.05) is 47.3 Å². The van der Waals surface area contributed by atoms with Crippen molar-refractivity contribution in [1.82, 2.24) is 5.43 Å². The summed E-state index contributed by atoms with van der Waals surface area (Å²) in [6.07, 6.45) is 7.62. The van der Waals surface area contributed by atoms with Crippen molar-refractivity contribution in [2.45, 2.75) is 50.7 Å². The Bertz CT molecular complexity index is 390. The Balaban J connectivity index is 2.02. The molecule has 0 saturated heterocycles. The Morgan fingerprint density at radius 3 is 2.45 bits per heavy atom. The molecule has 0 radical (unpaired) electrons. The summed E-state index contributed by atoms with van der Waals surface area (Å²) in [6, 6.07) is 8.60. The minimum absolute atomic E-state index is 0.171. The largest absolute Gasteiger partial charge is 0.379 e. The SMILES string of the molecule is COC(C1CCCCC1)C(Cc1ccc(Br)cc1)NN. The van der Waals surface area contributed by atoms with Gasteiger partial charge in [0, 0.05) is 11.6 Å². The maximum atomic E-state index is 5.79. The monoisotopic (exact) mass is 340 g/mol. The van der Waals surface area contributed by atoms with Crippen LogP contribution in [0.25, 0.3) is 0 Å². The van der Waals surface area contributed by atoms with E-state index >= 15 is 0 Å². The molecule has 1 aromatic carbocycles. The van der Waals surface area contributed by atoms with Crippen LogP contribution in [-0.4, -0.2) is 19.3 Å². The number of nitrogens with two attached hydrogens (primary N) is 1. The Morgan fingerprint density at radius 1 is 1.25 bits per heavy atom. The molecule has 2 rings (SSSR count). The van der Waals surface area contributed by atoms with Gasteiger partial charge in [0.15, 0.2) is 0 Å². The van der Waals surface area contributed by atoms with Crippen molar-refractivity contribution in [1.29, 1.82) is 0 Å². The lowest BCUT2D eigenvalue weighted by molar-refractivity contribution is 0.00827. The first kappa shape index (κ1) is 16.0. The van der Waals surface area contributed by atoms with Crippen LogP contribution in [-0.2, 0) is 11.2 Å². The number of hydrazine groups is 1. The highest BCUT2D eigenvalue weighted by molar-refractivity contribution is 9.10. The highest BCUT2D eigenvalue weighted by atomic mass is 79.9. The van der Waals surface area contributed by atoms with Crippen LogP contribution in [0.1, 0.15) is 37.7 Å². The van der Waals surface area contributed by atoms with Crippen LogP contribution >= 0.6 is 15.9 Å². The van der Waals surface area contributed by atoms with Crippen LogP contribution in [0.4, 0.5) is 0 Å². The molecule has 1 aliphatic carbocycles. The minimum Gasteiger partial charge on any atom is -0.379 e. The average Bonchev–Trinajstić information content (AvgIpc) is 2.50. The van der Waals surface area contributed by atoms with E-state index in [1.807, 2.05) is 7.11 Å². The van der Waals surface area contributed by atoms with Crippen LogP contribution in [0.5, 0.6) is 0 Å². The van der Waals surface area contributed by atoms with E-state index in [9.17, 15) is 0 Å². The van der Waals surface area contributed by atoms with Gasteiger partial charge in [-0.15, -0.1) is 0 Å². The number of halogens is 1. The average molecular weight is 341 g/mol. The van der Waals surface area contributed by atoms with Gasteiger partial charge in [0.25, 0.3) is 0 Å². The molecular formula is C16H25BrN2O. The zero-order valence-electron chi connectivity index (χ0n) is 12.1. The van der Waals surface area contributed by atoms with E-state index in [0.29, 0.717) is 5.92 Å². The van der Waals surface area contributed by atoms with Crippen LogP contribution in [0.15, 0.2) is 28.7 Å². The van der Waals surface area contributed by atoms with Crippen molar-refractivity contribution >= 4 is 15.9 Å². The fourth-order valence-corrected chi connectivity index (χ4v) is 3.56. The number of ether oxygens (including phenoxy) is 1. The molecule has 0 amide bonds. The number of hydrogen-bond acceptors (Lipinski definition) is 3. The predicted molar refractivity (Wildman–Crippen MR) is 86.3 cm³/mol. The van der Waals surface area contributed by atoms with Crippen LogP contribution in [0, 0.1) is 5.92 Å². The third-order valence-corrected chi connectivity index (χ3v) is 4.89. The molecule has 0 bridgehead atoms. The molecule has 1 aliphatic rings. The smallest absolute Gasteiger partial charge is 0.0769 e. The molecule has 0 aliphatic heterocycles. The van der Waals surface area contributed by atoms with E-state index in [0.717, 1.165) is 10.9 Å². The van der Waals surface area contributed by atoms with Gasteiger partial charge in [0.1, 0.15) is 0 Å². The third kappa shape index (κ3) is 4.29. The molecule has 4 heteroatoms. The van der Waals surface area contributed by atoms with E-state index in [4.69, 9.17) is 10.6 Å². The lowest BCUT2D eigenvalue weighted by Gasteiger charge is -2.34. The molecule has 112 valence electrons. The molecule has 2 unspecified atom stereocenters. The topological polar surface area (TPSA) is 47.3 Å². The number of nitrogens with one attached hydrogen (secondary N) is 1. The second kappa shape index (κ2) is 8.13. The second-order valence-corrected chi connectivity index (χ2v) is 6.62. The van der Waals surface area contributed by atoms with Gasteiger partial charge in [-0.2, -0.15) is 0 Å². The lowest BCUT2D eigenvalue weighted by atomic mass is 9.81. The zero-order chi connectivity index (χ0) is 14.4. The van der Waals surface area contributed by atoms with Crippen molar-refractivity contribution in [2.75, 3.05) is 7.11 Å². The Hall–Kier alpha value is -0.420. The van der Waals surface area contributed by atoms with Gasteiger partial charge in [-0.05, 0) is 42.9 Å². The maximum Gasteiger partial charge on any atom is 0.0769 e. The quantitative estimate of drug-likeness (QED) is 0.616. The maximum absolute atomic E-state index is 5.79. The van der Waals surface area contributed by atoms with Gasteiger partial charge in [-0.25, -0.2) is 0 Å². The fraction of sp³-hybridized carbons (Fsp3) is 0.625. The molecule has 3 N–H and O–H groups in total. The van der Waals surface area contributed by atoms with Crippen molar-refractivity contribution in [3.05, 3.63) is 34.3 Å². The Kier molecular flexibility index (Phi) is 6.49. The van der Waals surface area contributed by atoms with Crippen molar-refractivity contribution in [2.24, 2.45) is 11.8 Å². The van der Waals surface area contributed by atoms with Gasteiger partial charge in [0.2, 0.25) is 0 Å². The van der Waals surface area contributed by atoms with Crippen LogP contribution < -0.4 is 11.3 Å². The lowest BCUT2D eigenvalue weighted by Crippen LogP contribution is -2.49. The zero-order valence-corrected chi connectivity index (χ0v) is 13.7. The first-order valence-corrected chi connectivity index (χ1v) is 8.27. The van der Waals surface area contributed by atoms with E-state index in [1.165, 1.54) is 37.7 Å². The minimum atomic E-state index is 0.171. The Morgan fingerprint density at radius 2 is 1.90 bits per heavy atom. The molecule has 20 heavy (non-hydrogen) atoms. The molecule has 0 spiro atoms. The summed E-state index contributed by atoms with van der Waals surface area (Å²) < 4.78 is 6.89. The highest BCUT2D eigenvalue weighted by Crippen LogP contribution is 2.30. The number of rotatable bonds is 6. The summed E-state index contributed by atoms with van der Waals surface area (Å²) in [4.78, 5) is 0. The first-order valence-electron chi connectivity index (χ1n) is 7.48. The molecule has 1 saturated carbocycles. The number of hydrogen-bond donors (Lipinski definition) is 2. The van der Waals surface area contributed by atoms with E-state index in [1.54, 1.807) is 0 Å². The highest BCUT2D eigenvalue weighted by Gasteiger charge is 2.30. The molecular weight excluding hydrogens is 316 g/mol. The predicted octanol–water partition coefficient (Wildman–Crippen LogP) is 3.42.